The molecular weight excluding hydrogens is 333 g/mol. The van der Waals surface area contributed by atoms with Crippen molar-refractivity contribution in [3.05, 3.63) is 106 Å². The molecule has 0 saturated carbocycles. The Labute approximate surface area is 152 Å². The number of halogens is 3. The van der Waals surface area contributed by atoms with Gasteiger partial charge in [0.2, 0.25) is 0 Å². The van der Waals surface area contributed by atoms with Gasteiger partial charge in [0.25, 0.3) is 0 Å². The number of hydrogen-bond donors (Lipinski definition) is 0. The quantitative estimate of drug-likeness (QED) is 0.470. The first kappa shape index (κ1) is 18.2. The maximum Gasteiger partial charge on any atom is 0.406 e. The molecule has 0 radical (unpaired) electrons. The van der Waals surface area contributed by atoms with Gasteiger partial charge in [-0.05, 0) is 37.5 Å². The Kier molecular flexibility index (Phi) is 4.66. The van der Waals surface area contributed by atoms with Crippen molar-refractivity contribution < 1.29 is 13.2 Å². The van der Waals surface area contributed by atoms with E-state index in [1.54, 1.807) is 72.8 Å². The van der Waals surface area contributed by atoms with E-state index in [-0.39, 0.29) is 16.7 Å². The minimum Gasteiger partial charge on any atom is -0.169 e. The molecule has 0 aromatic heterocycles. The maximum atomic E-state index is 14.7. The second-order valence-corrected chi connectivity index (χ2v) is 6.85. The van der Waals surface area contributed by atoms with Crippen LogP contribution in [0.2, 0.25) is 0 Å². The normalized spacial score (nSPS) is 12.2. The highest BCUT2D eigenvalue weighted by molar-refractivity contribution is 5.53. The van der Waals surface area contributed by atoms with Gasteiger partial charge in [0.15, 0.2) is 0 Å². The van der Waals surface area contributed by atoms with E-state index in [4.69, 9.17) is 0 Å². The zero-order valence-electron chi connectivity index (χ0n) is 15.1. The molecule has 0 aliphatic heterocycles. The van der Waals surface area contributed by atoms with Gasteiger partial charge in [0.05, 0.1) is 0 Å². The van der Waals surface area contributed by atoms with Crippen molar-refractivity contribution in [2.45, 2.75) is 32.4 Å². The molecule has 3 aromatic carbocycles. The molecule has 0 amide bonds. The number of rotatable bonds is 3. The summed E-state index contributed by atoms with van der Waals surface area (Å²) < 4.78 is 44.2. The zero-order valence-corrected chi connectivity index (χ0v) is 15.1. The molecule has 0 fully saturated rings. The summed E-state index contributed by atoms with van der Waals surface area (Å²) in [4.78, 5) is 0. The largest absolute Gasteiger partial charge is 0.406 e. The lowest BCUT2D eigenvalue weighted by atomic mass is 9.68. The molecule has 3 aromatic rings. The average Bonchev–Trinajstić information content (AvgIpc) is 2.59. The van der Waals surface area contributed by atoms with E-state index in [0.29, 0.717) is 0 Å². The minimum atomic E-state index is -4.49. The lowest BCUT2D eigenvalue weighted by molar-refractivity contribution is -0.166. The Morgan fingerprint density at radius 2 is 0.692 bits per heavy atom. The first-order chi connectivity index (χ1) is 12.2. The molecule has 0 N–H and O–H groups in total. The van der Waals surface area contributed by atoms with Crippen LogP contribution in [0.3, 0.4) is 0 Å². The predicted molar refractivity (Wildman–Crippen MR) is 99.5 cm³/mol. The molecule has 3 heteroatoms. The Morgan fingerprint density at radius 3 is 0.885 bits per heavy atom. The smallest absolute Gasteiger partial charge is 0.169 e. The molecule has 26 heavy (non-hydrogen) atoms. The highest BCUT2D eigenvalue weighted by atomic mass is 19.4. The fraction of sp³-hybridized carbons (Fsp3) is 0.217. The van der Waals surface area contributed by atoms with Crippen LogP contribution in [-0.4, -0.2) is 6.18 Å². The Balaban J connectivity index is 2.40. The molecule has 0 spiro atoms. The van der Waals surface area contributed by atoms with E-state index in [1.807, 2.05) is 20.8 Å². The van der Waals surface area contributed by atoms with Gasteiger partial charge in [-0.15, -0.1) is 0 Å². The van der Waals surface area contributed by atoms with Crippen LogP contribution in [0.25, 0.3) is 0 Å². The second kappa shape index (κ2) is 6.64. The van der Waals surface area contributed by atoms with E-state index in [0.717, 1.165) is 16.7 Å². The van der Waals surface area contributed by atoms with Crippen LogP contribution in [0.5, 0.6) is 0 Å². The van der Waals surface area contributed by atoms with Crippen LogP contribution >= 0.6 is 0 Å². The highest BCUT2D eigenvalue weighted by Gasteiger charge is 2.58. The number of benzene rings is 3. The zero-order chi connectivity index (χ0) is 18.9. The SMILES string of the molecule is Cc1ccc(C(c2ccc(C)cc2)(c2ccc(C)cc2)C(F)(F)F)cc1. The Hall–Kier alpha value is -2.55. The summed E-state index contributed by atoms with van der Waals surface area (Å²) in [5, 5.41) is 0. The van der Waals surface area contributed by atoms with E-state index in [2.05, 4.69) is 0 Å². The molecular formula is C23H21F3. The number of aryl methyl sites for hydroxylation is 3. The van der Waals surface area contributed by atoms with Crippen molar-refractivity contribution >= 4 is 0 Å². The summed E-state index contributed by atoms with van der Waals surface area (Å²) in [5.41, 5.74) is 1.25. The molecule has 0 nitrogen and oxygen atoms in total. The van der Waals surface area contributed by atoms with Gasteiger partial charge in [0, 0.05) is 0 Å². The van der Waals surface area contributed by atoms with Crippen molar-refractivity contribution in [2.24, 2.45) is 0 Å². The van der Waals surface area contributed by atoms with Gasteiger partial charge in [-0.2, -0.15) is 13.2 Å². The Morgan fingerprint density at radius 1 is 0.462 bits per heavy atom. The molecule has 0 heterocycles. The van der Waals surface area contributed by atoms with Crippen LogP contribution < -0.4 is 0 Å². The van der Waals surface area contributed by atoms with Crippen molar-refractivity contribution in [1.29, 1.82) is 0 Å². The summed E-state index contributed by atoms with van der Waals surface area (Å²) in [6.07, 6.45) is -4.49. The standard InChI is InChI=1S/C23H21F3/c1-16-4-10-19(11-5-16)22(23(24,25)26,20-12-6-17(2)7-13-20)21-14-8-18(3)9-15-21/h4-15H,1-3H3. The average molecular weight is 354 g/mol. The third-order valence-corrected chi connectivity index (χ3v) is 4.88. The van der Waals surface area contributed by atoms with Crippen LogP contribution in [0.1, 0.15) is 33.4 Å². The van der Waals surface area contributed by atoms with Crippen LogP contribution in [-0.2, 0) is 5.41 Å². The number of alkyl halides is 3. The van der Waals surface area contributed by atoms with Gasteiger partial charge in [-0.25, -0.2) is 0 Å². The Bertz CT molecular complexity index is 760. The molecule has 134 valence electrons. The summed E-state index contributed by atoms with van der Waals surface area (Å²) in [6.45, 7) is 5.62. The van der Waals surface area contributed by atoms with Gasteiger partial charge in [0.1, 0.15) is 5.41 Å². The van der Waals surface area contributed by atoms with E-state index < -0.39 is 11.6 Å². The van der Waals surface area contributed by atoms with Gasteiger partial charge in [-0.3, -0.25) is 0 Å². The van der Waals surface area contributed by atoms with Crippen molar-refractivity contribution in [3.63, 3.8) is 0 Å². The lowest BCUT2D eigenvalue weighted by Crippen LogP contribution is -2.44. The van der Waals surface area contributed by atoms with Crippen molar-refractivity contribution in [1.82, 2.24) is 0 Å². The first-order valence-corrected chi connectivity index (χ1v) is 8.53. The van der Waals surface area contributed by atoms with Gasteiger partial charge < -0.3 is 0 Å². The third-order valence-electron chi connectivity index (χ3n) is 4.88. The minimum absolute atomic E-state index is 0.225. The van der Waals surface area contributed by atoms with E-state index >= 15 is 0 Å². The summed E-state index contributed by atoms with van der Waals surface area (Å²) in [7, 11) is 0. The fourth-order valence-corrected chi connectivity index (χ4v) is 3.40. The molecule has 0 unspecified atom stereocenters. The second-order valence-electron chi connectivity index (χ2n) is 6.85. The van der Waals surface area contributed by atoms with E-state index in [9.17, 15) is 13.2 Å². The molecule has 3 rings (SSSR count). The predicted octanol–water partition coefficient (Wildman–Crippen LogP) is 6.51. The lowest BCUT2D eigenvalue weighted by Gasteiger charge is -2.37. The topological polar surface area (TPSA) is 0 Å². The molecule has 0 aliphatic carbocycles. The molecule has 0 atom stereocenters. The van der Waals surface area contributed by atoms with Crippen molar-refractivity contribution in [2.75, 3.05) is 0 Å². The summed E-state index contributed by atoms with van der Waals surface area (Å²) in [6, 6.07) is 19.9. The number of hydrogen-bond acceptors (Lipinski definition) is 0. The summed E-state index contributed by atoms with van der Waals surface area (Å²) in [5.74, 6) is 0. The highest BCUT2D eigenvalue weighted by Crippen LogP contribution is 2.51. The van der Waals surface area contributed by atoms with Crippen LogP contribution in [0.15, 0.2) is 72.8 Å². The monoisotopic (exact) mass is 354 g/mol. The van der Waals surface area contributed by atoms with Gasteiger partial charge >= 0.3 is 6.18 Å². The summed E-state index contributed by atoms with van der Waals surface area (Å²) >= 11 is 0. The van der Waals surface area contributed by atoms with Crippen molar-refractivity contribution in [3.8, 4) is 0 Å². The third kappa shape index (κ3) is 3.03. The van der Waals surface area contributed by atoms with E-state index in [1.165, 1.54) is 0 Å². The molecule has 0 bridgehead atoms. The van der Waals surface area contributed by atoms with Crippen LogP contribution in [0.4, 0.5) is 13.2 Å². The molecule has 0 saturated heterocycles. The first-order valence-electron chi connectivity index (χ1n) is 8.53. The van der Waals surface area contributed by atoms with Gasteiger partial charge in [-0.1, -0.05) is 89.5 Å². The maximum absolute atomic E-state index is 14.7. The molecule has 0 aliphatic rings. The van der Waals surface area contributed by atoms with Crippen LogP contribution in [0, 0.1) is 20.8 Å². The fourth-order valence-electron chi connectivity index (χ4n) is 3.40.